The summed E-state index contributed by atoms with van der Waals surface area (Å²) < 4.78 is 42.4. The lowest BCUT2D eigenvalue weighted by molar-refractivity contribution is -0.137. The van der Waals surface area contributed by atoms with E-state index in [4.69, 9.17) is 10.5 Å². The first-order valence-electron chi connectivity index (χ1n) is 6.32. The van der Waals surface area contributed by atoms with Gasteiger partial charge >= 0.3 is 6.18 Å². The van der Waals surface area contributed by atoms with Gasteiger partial charge in [0.15, 0.2) is 0 Å². The topological polar surface area (TPSA) is 48.1 Å². The van der Waals surface area contributed by atoms with Crippen molar-refractivity contribution in [2.45, 2.75) is 18.6 Å². The lowest BCUT2D eigenvalue weighted by Crippen LogP contribution is -2.14. The Morgan fingerprint density at radius 3 is 2.29 bits per heavy atom. The van der Waals surface area contributed by atoms with Crippen LogP contribution in [0.3, 0.4) is 0 Å². The minimum atomic E-state index is -4.33. The molecule has 2 rings (SSSR count). The Labute approximate surface area is 120 Å². The second-order valence-electron chi connectivity index (χ2n) is 4.64. The van der Waals surface area contributed by atoms with Crippen molar-refractivity contribution in [3.63, 3.8) is 0 Å². The van der Waals surface area contributed by atoms with Gasteiger partial charge in [0.05, 0.1) is 12.7 Å². The molecule has 0 radical (unpaired) electrons. The van der Waals surface area contributed by atoms with Gasteiger partial charge in [0.2, 0.25) is 5.88 Å². The normalized spacial score (nSPS) is 13.0. The van der Waals surface area contributed by atoms with Gasteiger partial charge in [0.25, 0.3) is 0 Å². The average molecular weight is 296 g/mol. The molecule has 0 saturated carbocycles. The van der Waals surface area contributed by atoms with Crippen molar-refractivity contribution in [3.8, 4) is 5.88 Å². The van der Waals surface area contributed by atoms with Crippen LogP contribution in [-0.4, -0.2) is 12.1 Å². The summed E-state index contributed by atoms with van der Waals surface area (Å²) in [5, 5.41) is 0. The molecule has 0 saturated heterocycles. The van der Waals surface area contributed by atoms with E-state index in [1.807, 2.05) is 6.07 Å². The second kappa shape index (κ2) is 6.13. The summed E-state index contributed by atoms with van der Waals surface area (Å²) in [4.78, 5) is 4.06. The van der Waals surface area contributed by atoms with E-state index in [-0.39, 0.29) is 6.04 Å². The Hall–Kier alpha value is -2.08. The zero-order valence-corrected chi connectivity index (χ0v) is 11.4. The molecule has 0 aliphatic rings. The predicted octanol–water partition coefficient (Wildman–Crippen LogP) is 3.35. The molecule has 1 unspecified atom stereocenters. The number of nitrogens with two attached hydrogens (primary N) is 1. The molecule has 0 bridgehead atoms. The average Bonchev–Trinajstić information content (AvgIpc) is 2.47. The van der Waals surface area contributed by atoms with Gasteiger partial charge in [-0.3, -0.25) is 0 Å². The molecule has 0 aliphatic carbocycles. The maximum atomic E-state index is 12.5. The molecule has 1 aromatic carbocycles. The fourth-order valence-corrected chi connectivity index (χ4v) is 1.94. The van der Waals surface area contributed by atoms with Crippen LogP contribution in [0.4, 0.5) is 13.2 Å². The minimum Gasteiger partial charge on any atom is -0.481 e. The number of hydrogen-bond donors (Lipinski definition) is 1. The molecule has 0 spiro atoms. The molecule has 112 valence electrons. The minimum absolute atomic E-state index is 0.387. The van der Waals surface area contributed by atoms with Gasteiger partial charge in [-0.15, -0.1) is 0 Å². The van der Waals surface area contributed by atoms with Gasteiger partial charge in [0, 0.05) is 18.3 Å². The summed E-state index contributed by atoms with van der Waals surface area (Å²) in [6, 6.07) is 8.06. The van der Waals surface area contributed by atoms with E-state index in [0.717, 1.165) is 17.7 Å². The second-order valence-corrected chi connectivity index (χ2v) is 4.64. The number of benzene rings is 1. The molecule has 0 aliphatic heterocycles. The van der Waals surface area contributed by atoms with Crippen LogP contribution in [0.25, 0.3) is 0 Å². The SMILES string of the molecule is COc1ccc(CC(N)c2ccc(C(F)(F)F)cc2)cn1. The molecule has 2 N–H and O–H groups in total. The van der Waals surface area contributed by atoms with E-state index in [9.17, 15) is 13.2 Å². The van der Waals surface area contributed by atoms with E-state index in [2.05, 4.69) is 4.98 Å². The van der Waals surface area contributed by atoms with E-state index in [0.29, 0.717) is 17.9 Å². The van der Waals surface area contributed by atoms with Crippen LogP contribution in [0.15, 0.2) is 42.6 Å². The first-order chi connectivity index (χ1) is 9.90. The monoisotopic (exact) mass is 296 g/mol. The number of ether oxygens (including phenoxy) is 1. The number of halogens is 3. The molecule has 2 aromatic rings. The molecule has 21 heavy (non-hydrogen) atoms. The quantitative estimate of drug-likeness (QED) is 0.941. The highest BCUT2D eigenvalue weighted by Gasteiger charge is 2.30. The van der Waals surface area contributed by atoms with Crippen LogP contribution in [0.1, 0.15) is 22.7 Å². The lowest BCUT2D eigenvalue weighted by atomic mass is 9.99. The molecular weight excluding hydrogens is 281 g/mol. The molecule has 0 fully saturated rings. The molecule has 0 amide bonds. The van der Waals surface area contributed by atoms with Crippen molar-refractivity contribution in [1.29, 1.82) is 0 Å². The first kappa shape index (κ1) is 15.3. The molecule has 1 aromatic heterocycles. The van der Waals surface area contributed by atoms with Crippen LogP contribution < -0.4 is 10.5 Å². The van der Waals surface area contributed by atoms with Gasteiger partial charge in [-0.25, -0.2) is 4.98 Å². The number of alkyl halides is 3. The Balaban J connectivity index is 2.07. The standard InChI is InChI=1S/C15H15F3N2O/c1-21-14-7-2-10(9-20-14)8-13(19)11-3-5-12(6-4-11)15(16,17)18/h2-7,9,13H,8,19H2,1H3. The van der Waals surface area contributed by atoms with Crippen molar-refractivity contribution in [2.75, 3.05) is 7.11 Å². The Morgan fingerprint density at radius 1 is 1.14 bits per heavy atom. The third kappa shape index (κ3) is 3.95. The van der Waals surface area contributed by atoms with Gasteiger partial charge < -0.3 is 10.5 Å². The van der Waals surface area contributed by atoms with Gasteiger partial charge in [-0.05, 0) is 29.7 Å². The van der Waals surface area contributed by atoms with E-state index < -0.39 is 11.7 Å². The van der Waals surface area contributed by atoms with Gasteiger partial charge in [0.1, 0.15) is 0 Å². The Kier molecular flexibility index (Phi) is 4.47. The molecule has 1 atom stereocenters. The highest BCUT2D eigenvalue weighted by Crippen LogP contribution is 2.30. The summed E-state index contributed by atoms with van der Waals surface area (Å²) in [7, 11) is 1.52. The maximum Gasteiger partial charge on any atom is 0.416 e. The fourth-order valence-electron chi connectivity index (χ4n) is 1.94. The largest absolute Gasteiger partial charge is 0.481 e. The summed E-state index contributed by atoms with van der Waals surface area (Å²) in [6.45, 7) is 0. The number of pyridine rings is 1. The Bertz CT molecular complexity index is 579. The molecule has 1 heterocycles. The van der Waals surface area contributed by atoms with Crippen LogP contribution in [0.2, 0.25) is 0 Å². The third-order valence-corrected chi connectivity index (χ3v) is 3.13. The third-order valence-electron chi connectivity index (χ3n) is 3.13. The maximum absolute atomic E-state index is 12.5. The summed E-state index contributed by atoms with van der Waals surface area (Å²) in [5.74, 6) is 0.502. The molecule has 3 nitrogen and oxygen atoms in total. The van der Waals surface area contributed by atoms with Crippen LogP contribution >= 0.6 is 0 Å². The van der Waals surface area contributed by atoms with E-state index >= 15 is 0 Å². The van der Waals surface area contributed by atoms with Gasteiger partial charge in [-0.2, -0.15) is 13.2 Å². The highest BCUT2D eigenvalue weighted by molar-refractivity contribution is 5.28. The van der Waals surface area contributed by atoms with Gasteiger partial charge in [-0.1, -0.05) is 18.2 Å². The van der Waals surface area contributed by atoms with Crippen LogP contribution in [-0.2, 0) is 12.6 Å². The summed E-state index contributed by atoms with van der Waals surface area (Å²) in [5.41, 5.74) is 6.88. The van der Waals surface area contributed by atoms with Crippen molar-refractivity contribution in [2.24, 2.45) is 5.73 Å². The van der Waals surface area contributed by atoms with Crippen LogP contribution in [0, 0.1) is 0 Å². The molecule has 6 heteroatoms. The number of rotatable bonds is 4. The van der Waals surface area contributed by atoms with Crippen molar-refractivity contribution < 1.29 is 17.9 Å². The number of methoxy groups -OCH3 is 1. The van der Waals surface area contributed by atoms with Crippen molar-refractivity contribution in [3.05, 3.63) is 59.3 Å². The van der Waals surface area contributed by atoms with E-state index in [1.54, 1.807) is 12.3 Å². The highest BCUT2D eigenvalue weighted by atomic mass is 19.4. The first-order valence-corrected chi connectivity index (χ1v) is 6.32. The zero-order chi connectivity index (χ0) is 15.5. The molecular formula is C15H15F3N2O. The summed E-state index contributed by atoms with van der Waals surface area (Å²) in [6.07, 6.45) is -2.20. The van der Waals surface area contributed by atoms with Crippen molar-refractivity contribution >= 4 is 0 Å². The number of aromatic nitrogens is 1. The van der Waals surface area contributed by atoms with Crippen LogP contribution in [0.5, 0.6) is 5.88 Å². The number of nitrogens with zero attached hydrogens (tertiary/aromatic N) is 1. The van der Waals surface area contributed by atoms with Crippen molar-refractivity contribution in [1.82, 2.24) is 4.98 Å². The smallest absolute Gasteiger partial charge is 0.416 e. The summed E-state index contributed by atoms with van der Waals surface area (Å²) >= 11 is 0. The zero-order valence-electron chi connectivity index (χ0n) is 11.4. The fraction of sp³-hybridized carbons (Fsp3) is 0.267. The van der Waals surface area contributed by atoms with E-state index in [1.165, 1.54) is 19.2 Å². The predicted molar refractivity (Wildman–Crippen MR) is 72.9 cm³/mol. The lowest BCUT2D eigenvalue weighted by Gasteiger charge is -2.13. The number of hydrogen-bond acceptors (Lipinski definition) is 3. The Morgan fingerprint density at radius 2 is 1.81 bits per heavy atom.